The number of hydrogen-bond donors (Lipinski definition) is 4. The van der Waals surface area contributed by atoms with E-state index in [9.17, 15) is 0 Å². The van der Waals surface area contributed by atoms with Crippen molar-refractivity contribution in [3.05, 3.63) is 61.3 Å². The minimum absolute atomic E-state index is 0. The standard InChI is InChI=1S/Ce.4ClHO4.4NO3/c;4*2-1(3,4)5;4*2-1(3)4/h;4*(H,2,3,4,5);;;;/q+4;;;;;4*-1. The Kier molecular flexibility index (Phi) is 53.3. The molecule has 0 rings (SSSR count). The van der Waals surface area contributed by atoms with Crippen LogP contribution in [0.5, 0.6) is 0 Å². The number of rotatable bonds is 0. The molecule has 224 valence electrons. The Balaban J connectivity index is -0.0000000345. The van der Waals surface area contributed by atoms with Crippen LogP contribution in [0.4, 0.5) is 0 Å². The molecule has 4 N–H and O–H groups in total. The minimum Gasteiger partial charge on any atom is -0.356 e. The van der Waals surface area contributed by atoms with Crippen molar-refractivity contribution in [2.75, 3.05) is 0 Å². The largest absolute Gasteiger partial charge is 4.00 e. The van der Waals surface area contributed by atoms with E-state index in [1.165, 1.54) is 0 Å². The molecular weight excluding hydrogens is 786 g/mol. The topological polar surface area (TPSA) is 622 Å². The van der Waals surface area contributed by atoms with E-state index in [2.05, 4.69) is 0 Å². The Morgan fingerprint density at radius 1 is 0.324 bits per heavy atom. The first-order valence-corrected chi connectivity index (χ1v) is 9.77. The fourth-order valence-corrected chi connectivity index (χ4v) is 0. The molecule has 0 unspecified atom stereocenters. The second kappa shape index (κ2) is 32.7. The minimum atomic E-state index is -4.69. The molecule has 0 aromatic carbocycles. The molecule has 0 fully saturated rings. The molecule has 0 radical (unpaired) electrons. The first kappa shape index (κ1) is 60.3. The van der Waals surface area contributed by atoms with Crippen molar-refractivity contribution in [3.63, 3.8) is 0 Å². The van der Waals surface area contributed by atoms with Crippen molar-refractivity contribution in [1.29, 1.82) is 0 Å². The first-order valence-electron chi connectivity index (χ1n) is 4.72. The molecule has 0 heterocycles. The van der Waals surface area contributed by atoms with Gasteiger partial charge in [-0.1, -0.05) is 0 Å². The van der Waals surface area contributed by atoms with Crippen LogP contribution in [0.15, 0.2) is 0 Å². The Bertz CT molecular complexity index is 388. The Hall–Kier alpha value is -1.30. The summed E-state index contributed by atoms with van der Waals surface area (Å²) in [6.45, 7) is 0. The van der Waals surface area contributed by atoms with Crippen LogP contribution in [-0.2, 0) is 0 Å². The summed E-state index contributed by atoms with van der Waals surface area (Å²) in [5.74, 6) is 0. The van der Waals surface area contributed by atoms with Gasteiger partial charge in [-0.15, -0.1) is 0 Å². The van der Waals surface area contributed by atoms with Gasteiger partial charge in [-0.25, -0.2) is 0 Å². The van der Waals surface area contributed by atoms with Crippen molar-refractivity contribution >= 4 is 0 Å². The van der Waals surface area contributed by atoms with Crippen LogP contribution in [0.1, 0.15) is 0 Å². The quantitative estimate of drug-likeness (QED) is 0.131. The van der Waals surface area contributed by atoms with Gasteiger partial charge in [-0.3, -0.25) is 0 Å². The molecule has 0 saturated carbocycles. The summed E-state index contributed by atoms with van der Waals surface area (Å²) in [5, 5.41) is 59.0. The smallest absolute Gasteiger partial charge is 0.356 e. The van der Waals surface area contributed by atoms with E-state index in [0.717, 1.165) is 0 Å². The molecule has 37 heavy (non-hydrogen) atoms. The average Bonchev–Trinajstić information content (AvgIpc) is 2.24. The van der Waals surface area contributed by atoms with Gasteiger partial charge in [-0.05, 0) is 0 Å². The zero-order chi connectivity index (χ0) is 32.3. The van der Waals surface area contributed by atoms with Gasteiger partial charge in [-0.2, -0.15) is 55.9 Å². The summed E-state index contributed by atoms with van der Waals surface area (Å²) in [6, 6.07) is 0. The van der Waals surface area contributed by atoms with E-state index in [-0.39, 0.29) is 41.7 Å². The van der Waals surface area contributed by atoms with Crippen LogP contribution in [0.25, 0.3) is 0 Å². The average molecular weight is 790 g/mol. The maximum atomic E-state index is 8.60. The maximum Gasteiger partial charge on any atom is 4.00 e. The zero-order valence-corrected chi connectivity index (χ0v) is 21.6. The van der Waals surface area contributed by atoms with Crippen LogP contribution >= 0.6 is 0 Å². The van der Waals surface area contributed by atoms with Gasteiger partial charge in [0, 0.05) is 0 Å². The number of hydrogen-bond acceptors (Lipinski definition) is 28. The normalized spacial score (nSPS) is 9.08. The summed E-state index contributed by atoms with van der Waals surface area (Å²) in [7, 11) is -18.8. The number of nitrogens with zero attached hydrogens (tertiary/aromatic N) is 4. The molecule has 0 aliphatic carbocycles. The van der Waals surface area contributed by atoms with Crippen LogP contribution in [0.3, 0.4) is 0 Å². The molecule has 0 atom stereocenters. The van der Waals surface area contributed by atoms with Gasteiger partial charge in [0.2, 0.25) is 0 Å². The Morgan fingerprint density at radius 3 is 0.324 bits per heavy atom. The predicted octanol–water partition coefficient (Wildman–Crippen LogP) is -17.5. The van der Waals surface area contributed by atoms with Gasteiger partial charge < -0.3 is 61.3 Å². The molecule has 0 bridgehead atoms. The summed E-state index contributed by atoms with van der Waals surface area (Å²) in [4.78, 5) is 33.0. The van der Waals surface area contributed by atoms with Crippen LogP contribution < -0.4 is 55.9 Å². The van der Waals surface area contributed by atoms with Gasteiger partial charge >= 0.3 is 41.7 Å². The molecule has 0 amide bonds. The third kappa shape index (κ3) is 21800. The van der Waals surface area contributed by atoms with Crippen LogP contribution in [0.2, 0.25) is 0 Å². The Morgan fingerprint density at radius 2 is 0.324 bits per heavy atom. The molecule has 0 saturated heterocycles. The van der Waals surface area contributed by atoms with Gasteiger partial charge in [0.05, 0.1) is 80.0 Å². The zero-order valence-electron chi connectivity index (χ0n) is 15.4. The maximum absolute atomic E-state index is 8.60. The molecule has 0 aliphatic rings. The van der Waals surface area contributed by atoms with Crippen LogP contribution in [0, 0.1) is 144 Å². The second-order valence-corrected chi connectivity index (χ2v) is 5.65. The fourth-order valence-electron chi connectivity index (χ4n) is 0. The summed E-state index contributed by atoms with van der Waals surface area (Å²) >= 11 is 0. The van der Waals surface area contributed by atoms with E-state index < -0.39 is 61.3 Å². The SMILES string of the molecule is O=[N+]([O-])[O-].O=[N+]([O-])[O-].O=[N+]([O-])[O-].O=[N+]([O-])[O-].[Ce+4].[O-][Cl+3]([O-])([O-])O.[O-][Cl+3]([O-])([O-])O.[O-][Cl+3]([O-])([O-])O.[O-][Cl+3]([O-])([O-])O. The van der Waals surface area contributed by atoms with Gasteiger partial charge in [0.25, 0.3) is 0 Å². The Labute approximate surface area is 237 Å². The fraction of sp³-hybridized carbons (Fsp3) is 0. The third-order valence-electron chi connectivity index (χ3n) is 0. The molecular formula is H4CeCl4N4O28. The molecule has 0 aromatic rings. The number of halogens is 4. The molecule has 32 nitrogen and oxygen atoms in total. The predicted molar refractivity (Wildman–Crippen MR) is 50.3 cm³/mol. The monoisotopic (exact) mass is 788 g/mol. The van der Waals surface area contributed by atoms with Crippen molar-refractivity contribution < 1.29 is 178 Å². The van der Waals surface area contributed by atoms with Crippen molar-refractivity contribution in [2.45, 2.75) is 0 Å². The van der Waals surface area contributed by atoms with Crippen molar-refractivity contribution in [2.24, 2.45) is 0 Å². The second-order valence-electron chi connectivity index (χ2n) is 2.48. The van der Waals surface area contributed by atoms with Crippen LogP contribution in [-0.4, -0.2) is 39.0 Å². The third-order valence-corrected chi connectivity index (χ3v) is 0. The van der Waals surface area contributed by atoms with Crippen molar-refractivity contribution in [3.8, 4) is 0 Å². The first-order chi connectivity index (χ1) is 14.9. The molecule has 37 heteroatoms. The van der Waals surface area contributed by atoms with E-state index in [1.807, 2.05) is 0 Å². The summed E-state index contributed by atoms with van der Waals surface area (Å²) in [6.07, 6.45) is 0. The van der Waals surface area contributed by atoms with Gasteiger partial charge in [0.1, 0.15) is 0 Å². The molecule has 0 spiro atoms. The summed E-state index contributed by atoms with van der Waals surface area (Å²) in [5.41, 5.74) is 0. The van der Waals surface area contributed by atoms with E-state index in [0.29, 0.717) is 0 Å². The molecule has 0 aliphatic heterocycles. The summed E-state index contributed by atoms with van der Waals surface area (Å²) < 4.78 is 131. The van der Waals surface area contributed by atoms with E-state index >= 15 is 0 Å². The van der Waals surface area contributed by atoms with Gasteiger partial charge in [0.15, 0.2) is 0 Å². The van der Waals surface area contributed by atoms with E-state index in [1.54, 1.807) is 0 Å². The van der Waals surface area contributed by atoms with Crippen molar-refractivity contribution in [1.82, 2.24) is 0 Å². The van der Waals surface area contributed by atoms with E-state index in [4.69, 9.17) is 136 Å². The molecule has 0 aromatic heterocycles.